The van der Waals surface area contributed by atoms with E-state index in [1.807, 2.05) is 32.8 Å². The Hall–Kier alpha value is -2.08. The third-order valence-corrected chi connectivity index (χ3v) is 3.20. The number of rotatable bonds is 7. The van der Waals surface area contributed by atoms with Gasteiger partial charge < -0.3 is 20.1 Å². The molecule has 0 spiro atoms. The highest BCUT2D eigenvalue weighted by Gasteiger charge is 2.26. The minimum absolute atomic E-state index is 0.0591. The molecule has 1 aromatic carbocycles. The maximum Gasteiger partial charge on any atom is 0.341 e. The van der Waals surface area contributed by atoms with E-state index in [0.717, 1.165) is 6.54 Å². The van der Waals surface area contributed by atoms with E-state index < -0.39 is 11.9 Å². The predicted molar refractivity (Wildman–Crippen MR) is 94.0 cm³/mol. The van der Waals surface area contributed by atoms with Crippen molar-refractivity contribution >= 4 is 17.6 Å². The number of esters is 2. The van der Waals surface area contributed by atoms with Gasteiger partial charge in [0.2, 0.25) is 0 Å². The number of hydrogen-bond acceptors (Lipinski definition) is 6. The Morgan fingerprint density at radius 3 is 2.38 bits per heavy atom. The lowest BCUT2D eigenvalue weighted by Gasteiger charge is -2.27. The van der Waals surface area contributed by atoms with Crippen molar-refractivity contribution in [1.82, 2.24) is 4.90 Å². The van der Waals surface area contributed by atoms with Crippen LogP contribution < -0.4 is 5.73 Å². The van der Waals surface area contributed by atoms with Gasteiger partial charge in [0.05, 0.1) is 23.8 Å². The molecule has 0 radical (unpaired) electrons. The zero-order valence-corrected chi connectivity index (χ0v) is 15.4. The van der Waals surface area contributed by atoms with Crippen LogP contribution in [0, 0.1) is 5.41 Å². The molecule has 0 bridgehead atoms. The lowest BCUT2D eigenvalue weighted by atomic mass is 9.94. The minimum Gasteiger partial charge on any atom is -0.461 e. The van der Waals surface area contributed by atoms with Crippen molar-refractivity contribution < 1.29 is 19.1 Å². The fourth-order valence-corrected chi connectivity index (χ4v) is 2.48. The molecule has 1 rings (SSSR count). The Labute approximate surface area is 143 Å². The third-order valence-electron chi connectivity index (χ3n) is 3.20. The predicted octanol–water partition coefficient (Wildman–Crippen LogP) is 2.58. The van der Waals surface area contributed by atoms with Crippen LogP contribution in [0.4, 0.5) is 5.69 Å². The van der Waals surface area contributed by atoms with Crippen LogP contribution in [-0.4, -0.2) is 50.2 Å². The normalized spacial score (nSPS) is 11.7. The second-order valence-corrected chi connectivity index (χ2v) is 7.20. The van der Waals surface area contributed by atoms with E-state index in [1.54, 1.807) is 26.0 Å². The average Bonchev–Trinajstić information content (AvgIpc) is 2.42. The van der Waals surface area contributed by atoms with Gasteiger partial charge in [-0.3, -0.25) is 0 Å². The molecule has 0 saturated heterocycles. The van der Waals surface area contributed by atoms with Gasteiger partial charge in [-0.05, 0) is 40.1 Å². The molecule has 2 N–H and O–H groups in total. The first-order valence-corrected chi connectivity index (χ1v) is 7.95. The van der Waals surface area contributed by atoms with Gasteiger partial charge in [-0.2, -0.15) is 0 Å². The quantitative estimate of drug-likeness (QED) is 0.609. The molecule has 0 aliphatic heterocycles. The maximum absolute atomic E-state index is 12.5. The van der Waals surface area contributed by atoms with E-state index in [1.165, 1.54) is 6.07 Å². The Balaban J connectivity index is 2.96. The number of hydrogen-bond donors (Lipinski definition) is 1. The molecule has 6 nitrogen and oxygen atoms in total. The summed E-state index contributed by atoms with van der Waals surface area (Å²) < 4.78 is 10.6. The lowest BCUT2D eigenvalue weighted by molar-refractivity contribution is 0.0279. The molecule has 0 aliphatic rings. The summed E-state index contributed by atoms with van der Waals surface area (Å²) in [6, 6.07) is 4.69. The summed E-state index contributed by atoms with van der Waals surface area (Å²) in [5, 5.41) is 0. The topological polar surface area (TPSA) is 81.9 Å². The summed E-state index contributed by atoms with van der Waals surface area (Å²) in [6.45, 7) is 8.47. The second-order valence-electron chi connectivity index (χ2n) is 7.20. The first kappa shape index (κ1) is 20.0. The molecule has 6 heteroatoms. The van der Waals surface area contributed by atoms with Crippen LogP contribution in [0.1, 0.15) is 48.4 Å². The number of nitrogens with two attached hydrogens (primary N) is 1. The molecule has 0 atom stereocenters. The molecule has 0 heterocycles. The van der Waals surface area contributed by atoms with Gasteiger partial charge in [-0.15, -0.1) is 0 Å². The van der Waals surface area contributed by atoms with Crippen molar-refractivity contribution in [1.29, 1.82) is 0 Å². The monoisotopic (exact) mass is 336 g/mol. The zero-order valence-electron chi connectivity index (χ0n) is 15.4. The molecule has 0 saturated carbocycles. The highest BCUT2D eigenvalue weighted by Crippen LogP contribution is 2.22. The maximum atomic E-state index is 12.5. The van der Waals surface area contributed by atoms with Crippen LogP contribution in [0.25, 0.3) is 0 Å². The van der Waals surface area contributed by atoms with Gasteiger partial charge in [0, 0.05) is 17.6 Å². The van der Waals surface area contributed by atoms with Gasteiger partial charge in [-0.25, -0.2) is 9.59 Å². The van der Waals surface area contributed by atoms with Crippen LogP contribution in [0.2, 0.25) is 0 Å². The smallest absolute Gasteiger partial charge is 0.341 e. The molecule has 24 heavy (non-hydrogen) atoms. The van der Waals surface area contributed by atoms with E-state index in [4.69, 9.17) is 15.2 Å². The van der Waals surface area contributed by atoms with Crippen molar-refractivity contribution in [2.45, 2.75) is 33.8 Å². The standard InChI is InChI=1S/C18H28N2O4/c1-12(2)24-16(21)13-8-7-9-14(19)15(13)17(22)23-11-18(3,4)10-20(5)6/h7-9,12H,10-11,19H2,1-6H3. The largest absolute Gasteiger partial charge is 0.461 e. The number of carbonyl (C=O) groups excluding carboxylic acids is 2. The third kappa shape index (κ3) is 5.85. The van der Waals surface area contributed by atoms with Crippen LogP contribution in [-0.2, 0) is 9.47 Å². The lowest BCUT2D eigenvalue weighted by Crippen LogP contribution is -2.33. The van der Waals surface area contributed by atoms with Crippen molar-refractivity contribution in [3.63, 3.8) is 0 Å². The van der Waals surface area contributed by atoms with Crippen molar-refractivity contribution in [3.8, 4) is 0 Å². The van der Waals surface area contributed by atoms with Gasteiger partial charge in [0.1, 0.15) is 0 Å². The van der Waals surface area contributed by atoms with E-state index >= 15 is 0 Å². The summed E-state index contributed by atoms with van der Waals surface area (Å²) in [7, 11) is 3.91. The number of ether oxygens (including phenoxy) is 2. The molecule has 1 aromatic rings. The van der Waals surface area contributed by atoms with E-state index in [2.05, 4.69) is 0 Å². The summed E-state index contributed by atoms with van der Waals surface area (Å²) in [5.41, 5.74) is 6.05. The first-order chi connectivity index (χ1) is 11.0. The summed E-state index contributed by atoms with van der Waals surface area (Å²) in [6.07, 6.45) is -0.290. The number of nitrogen functional groups attached to an aromatic ring is 1. The highest BCUT2D eigenvalue weighted by atomic mass is 16.5. The highest BCUT2D eigenvalue weighted by molar-refractivity contribution is 6.06. The van der Waals surface area contributed by atoms with Gasteiger partial charge in [0.25, 0.3) is 0 Å². The first-order valence-electron chi connectivity index (χ1n) is 7.95. The van der Waals surface area contributed by atoms with Crippen molar-refractivity contribution in [2.75, 3.05) is 33.0 Å². The molecular formula is C18H28N2O4. The SMILES string of the molecule is CC(C)OC(=O)c1cccc(N)c1C(=O)OCC(C)(C)CN(C)C. The molecule has 0 fully saturated rings. The molecule has 0 amide bonds. The Morgan fingerprint density at radius 1 is 1.21 bits per heavy atom. The fourth-order valence-electron chi connectivity index (χ4n) is 2.48. The summed E-state index contributed by atoms with van der Waals surface area (Å²) in [4.78, 5) is 26.7. The molecule has 134 valence electrons. The number of anilines is 1. The summed E-state index contributed by atoms with van der Waals surface area (Å²) in [5.74, 6) is -1.20. The van der Waals surface area contributed by atoms with Gasteiger partial charge in [-0.1, -0.05) is 19.9 Å². The van der Waals surface area contributed by atoms with Gasteiger partial charge >= 0.3 is 11.9 Å². The van der Waals surface area contributed by atoms with Crippen LogP contribution >= 0.6 is 0 Å². The fraction of sp³-hybridized carbons (Fsp3) is 0.556. The zero-order chi connectivity index (χ0) is 18.5. The summed E-state index contributed by atoms with van der Waals surface area (Å²) >= 11 is 0. The Bertz CT molecular complexity index is 595. The van der Waals surface area contributed by atoms with Gasteiger partial charge in [0.15, 0.2) is 0 Å². The van der Waals surface area contributed by atoms with Crippen LogP contribution in [0.5, 0.6) is 0 Å². The van der Waals surface area contributed by atoms with E-state index in [9.17, 15) is 9.59 Å². The second kappa shape index (κ2) is 8.15. The average molecular weight is 336 g/mol. The Morgan fingerprint density at radius 2 is 1.83 bits per heavy atom. The number of benzene rings is 1. The number of carbonyl (C=O) groups is 2. The van der Waals surface area contributed by atoms with E-state index in [-0.39, 0.29) is 34.9 Å². The molecule has 0 unspecified atom stereocenters. The molecule has 0 aromatic heterocycles. The molecular weight excluding hydrogens is 308 g/mol. The van der Waals surface area contributed by atoms with Crippen molar-refractivity contribution in [3.05, 3.63) is 29.3 Å². The van der Waals surface area contributed by atoms with Crippen molar-refractivity contribution in [2.24, 2.45) is 5.41 Å². The minimum atomic E-state index is -0.615. The van der Waals surface area contributed by atoms with Crippen LogP contribution in [0.15, 0.2) is 18.2 Å². The van der Waals surface area contributed by atoms with Crippen LogP contribution in [0.3, 0.4) is 0 Å². The van der Waals surface area contributed by atoms with E-state index in [0.29, 0.717) is 0 Å². The Kier molecular flexibility index (Phi) is 6.78. The number of nitrogens with zero attached hydrogens (tertiary/aromatic N) is 1. The molecule has 0 aliphatic carbocycles.